The first kappa shape index (κ1) is 25.5. The Kier molecular flexibility index (Phi) is 6.88. The van der Waals surface area contributed by atoms with Gasteiger partial charge in [0, 0.05) is 54.0 Å². The number of nitro groups is 1. The van der Waals surface area contributed by atoms with Gasteiger partial charge in [-0.3, -0.25) is 10.1 Å². The molecule has 0 amide bonds. The van der Waals surface area contributed by atoms with Crippen LogP contribution in [0.4, 0.5) is 11.4 Å². The van der Waals surface area contributed by atoms with Crippen LogP contribution in [0.15, 0.2) is 84.2 Å². The second-order valence-corrected chi connectivity index (χ2v) is 10.3. The maximum atomic E-state index is 11.5. The van der Waals surface area contributed by atoms with E-state index in [0.717, 1.165) is 29.8 Å². The lowest BCUT2D eigenvalue weighted by Crippen LogP contribution is -2.21. The van der Waals surface area contributed by atoms with Gasteiger partial charge in [0.1, 0.15) is 0 Å². The maximum Gasteiger partial charge on any atom is 0.270 e. The molecule has 3 heterocycles. The van der Waals surface area contributed by atoms with E-state index in [0.29, 0.717) is 27.9 Å². The highest BCUT2D eigenvalue weighted by atomic mass is 16.6. The highest BCUT2D eigenvalue weighted by molar-refractivity contribution is 6.22. The van der Waals surface area contributed by atoms with Gasteiger partial charge in [0.2, 0.25) is 0 Å². The molecule has 0 unspecified atom stereocenters. The van der Waals surface area contributed by atoms with E-state index < -0.39 is 4.92 Å². The first-order valence-corrected chi connectivity index (χ1v) is 13.4. The summed E-state index contributed by atoms with van der Waals surface area (Å²) in [4.78, 5) is 25.9. The first-order chi connectivity index (χ1) is 19.4. The van der Waals surface area contributed by atoms with Crippen molar-refractivity contribution < 1.29 is 10.0 Å². The summed E-state index contributed by atoms with van der Waals surface area (Å²) in [6.45, 7) is 3.37. The van der Waals surface area contributed by atoms with Gasteiger partial charge in [-0.15, -0.1) is 0 Å². The number of aromatic nitrogens is 3. The fourth-order valence-electron chi connectivity index (χ4n) is 5.30. The molecule has 202 valence electrons. The number of aliphatic imine (C=N–C) groups is 1. The second kappa shape index (κ2) is 10.8. The molecule has 3 aromatic carbocycles. The molecular formula is C31H30N6O3. The lowest BCUT2D eigenvalue weighted by molar-refractivity contribution is -0.384. The fraction of sp³-hybridized carbons (Fsp3) is 0.226. The lowest BCUT2D eigenvalue weighted by Gasteiger charge is -2.14. The van der Waals surface area contributed by atoms with Crippen molar-refractivity contribution in [2.75, 3.05) is 19.6 Å². The topological polar surface area (TPSA) is 113 Å². The normalized spacial score (nSPS) is 14.3. The van der Waals surface area contributed by atoms with Crippen molar-refractivity contribution in [3.05, 3.63) is 106 Å². The van der Waals surface area contributed by atoms with Gasteiger partial charge in [-0.1, -0.05) is 36.4 Å². The summed E-state index contributed by atoms with van der Waals surface area (Å²) in [6, 6.07) is 20.4. The van der Waals surface area contributed by atoms with Gasteiger partial charge in [-0.2, -0.15) is 0 Å². The summed E-state index contributed by atoms with van der Waals surface area (Å²) in [7, 11) is 1.93. The van der Waals surface area contributed by atoms with Crippen LogP contribution in [0.5, 0.6) is 5.88 Å². The van der Waals surface area contributed by atoms with E-state index in [-0.39, 0.29) is 11.6 Å². The van der Waals surface area contributed by atoms with Crippen LogP contribution < -0.4 is 0 Å². The number of fused-ring (bicyclic) bond motifs is 1. The molecule has 0 spiro atoms. The van der Waals surface area contributed by atoms with Gasteiger partial charge in [0.05, 0.1) is 33.9 Å². The Hall–Kier alpha value is -4.76. The molecule has 1 saturated heterocycles. The van der Waals surface area contributed by atoms with Gasteiger partial charge in [-0.25, -0.2) is 9.98 Å². The zero-order valence-electron chi connectivity index (χ0n) is 22.2. The van der Waals surface area contributed by atoms with Crippen molar-refractivity contribution in [1.82, 2.24) is 19.4 Å². The molecule has 9 nitrogen and oxygen atoms in total. The minimum Gasteiger partial charge on any atom is -0.494 e. The standard InChI is InChI=1S/C31H30N6O3/c1-35-19-28(32-20-35)22-8-10-24(11-9-22)33-30(23-6-4-21(5-7-23)14-17-36-15-2-3-16-36)29-26-18-25(37(39)40)12-13-27(26)34-31(29)38/h4-13,18-20,34,38H,2-3,14-17H2,1H3. The number of imidazole rings is 1. The molecule has 1 aliphatic heterocycles. The Morgan fingerprint density at radius 1 is 1.07 bits per heavy atom. The monoisotopic (exact) mass is 534 g/mol. The van der Waals surface area contributed by atoms with E-state index in [4.69, 9.17) is 4.99 Å². The predicted octanol–water partition coefficient (Wildman–Crippen LogP) is 5.99. The van der Waals surface area contributed by atoms with Crippen molar-refractivity contribution >= 4 is 28.0 Å². The SMILES string of the molecule is Cn1cnc(-c2ccc(N=C(c3ccc(CCN4CCCC4)cc3)c3c(O)[nH]c4ccc([N+](=O)[O-])cc34)cc2)c1. The van der Waals surface area contributed by atoms with E-state index >= 15 is 0 Å². The van der Waals surface area contributed by atoms with E-state index in [9.17, 15) is 15.2 Å². The van der Waals surface area contributed by atoms with Crippen LogP contribution >= 0.6 is 0 Å². The minimum atomic E-state index is -0.435. The number of nitrogens with one attached hydrogen (secondary N) is 1. The molecule has 2 aromatic heterocycles. The molecule has 0 bridgehead atoms. The fourth-order valence-corrected chi connectivity index (χ4v) is 5.30. The number of nitro benzene ring substituents is 1. The number of hydrogen-bond acceptors (Lipinski definition) is 6. The number of nitrogens with zero attached hydrogens (tertiary/aromatic N) is 5. The summed E-state index contributed by atoms with van der Waals surface area (Å²) >= 11 is 0. The smallest absolute Gasteiger partial charge is 0.270 e. The van der Waals surface area contributed by atoms with Crippen LogP contribution in [0.2, 0.25) is 0 Å². The zero-order chi connectivity index (χ0) is 27.6. The molecule has 0 radical (unpaired) electrons. The molecule has 2 N–H and O–H groups in total. The Morgan fingerprint density at radius 3 is 2.50 bits per heavy atom. The van der Waals surface area contributed by atoms with Gasteiger partial charge in [0.15, 0.2) is 5.88 Å². The molecule has 6 rings (SSSR count). The Bertz CT molecular complexity index is 1690. The van der Waals surface area contributed by atoms with E-state index in [1.807, 2.05) is 54.2 Å². The quantitative estimate of drug-likeness (QED) is 0.144. The number of benzene rings is 3. The molecule has 0 atom stereocenters. The molecule has 40 heavy (non-hydrogen) atoms. The number of aromatic amines is 1. The third kappa shape index (κ3) is 5.23. The largest absolute Gasteiger partial charge is 0.494 e. The van der Waals surface area contributed by atoms with Gasteiger partial charge in [0.25, 0.3) is 5.69 Å². The van der Waals surface area contributed by atoms with E-state index in [1.165, 1.54) is 43.6 Å². The van der Waals surface area contributed by atoms with Crippen molar-refractivity contribution in [2.45, 2.75) is 19.3 Å². The highest BCUT2D eigenvalue weighted by Gasteiger charge is 2.21. The first-order valence-electron chi connectivity index (χ1n) is 13.4. The van der Waals surface area contributed by atoms with Gasteiger partial charge >= 0.3 is 0 Å². The number of aryl methyl sites for hydroxylation is 1. The molecule has 1 aliphatic rings. The lowest BCUT2D eigenvalue weighted by atomic mass is 9.98. The Balaban J connectivity index is 1.40. The number of likely N-dealkylation sites (tertiary alicyclic amines) is 1. The van der Waals surface area contributed by atoms with Crippen LogP contribution in [0, 0.1) is 10.1 Å². The van der Waals surface area contributed by atoms with Crippen molar-refractivity contribution in [3.8, 4) is 17.1 Å². The molecule has 0 aliphatic carbocycles. The maximum absolute atomic E-state index is 11.5. The van der Waals surface area contributed by atoms with Crippen LogP contribution in [0.25, 0.3) is 22.2 Å². The molecule has 1 fully saturated rings. The molecule has 9 heteroatoms. The van der Waals surface area contributed by atoms with Gasteiger partial charge < -0.3 is 19.6 Å². The van der Waals surface area contributed by atoms with Crippen molar-refractivity contribution in [3.63, 3.8) is 0 Å². The Labute approximate surface area is 231 Å². The molecule has 0 saturated carbocycles. The number of hydrogen-bond donors (Lipinski definition) is 2. The van der Waals surface area contributed by atoms with E-state index in [2.05, 4.69) is 27.0 Å². The summed E-state index contributed by atoms with van der Waals surface area (Å²) in [5.41, 5.74) is 6.06. The highest BCUT2D eigenvalue weighted by Crippen LogP contribution is 2.34. The summed E-state index contributed by atoms with van der Waals surface area (Å²) in [5, 5.41) is 23.1. The number of rotatable bonds is 8. The van der Waals surface area contributed by atoms with E-state index in [1.54, 1.807) is 12.4 Å². The molecule has 5 aromatic rings. The third-order valence-corrected chi connectivity index (χ3v) is 7.46. The third-order valence-electron chi connectivity index (χ3n) is 7.46. The average Bonchev–Trinajstić information content (AvgIpc) is 3.71. The van der Waals surface area contributed by atoms with Crippen LogP contribution in [0.1, 0.15) is 29.5 Å². The summed E-state index contributed by atoms with van der Waals surface area (Å²) in [5.74, 6) is -0.0857. The van der Waals surface area contributed by atoms with Crippen LogP contribution in [-0.2, 0) is 13.5 Å². The molecular weight excluding hydrogens is 504 g/mol. The van der Waals surface area contributed by atoms with Crippen molar-refractivity contribution in [1.29, 1.82) is 0 Å². The predicted molar refractivity (Wildman–Crippen MR) is 156 cm³/mol. The van der Waals surface area contributed by atoms with Crippen LogP contribution in [-0.4, -0.2) is 54.8 Å². The number of H-pyrrole nitrogens is 1. The number of aromatic hydroxyl groups is 1. The number of non-ortho nitro benzene ring substituents is 1. The summed E-state index contributed by atoms with van der Waals surface area (Å²) < 4.78 is 1.90. The average molecular weight is 535 g/mol. The van der Waals surface area contributed by atoms with Gasteiger partial charge in [-0.05, 0) is 56.1 Å². The minimum absolute atomic E-state index is 0.0518. The summed E-state index contributed by atoms with van der Waals surface area (Å²) in [6.07, 6.45) is 7.22. The zero-order valence-corrected chi connectivity index (χ0v) is 22.2. The second-order valence-electron chi connectivity index (χ2n) is 10.3. The van der Waals surface area contributed by atoms with Crippen LogP contribution in [0.3, 0.4) is 0 Å². The van der Waals surface area contributed by atoms with Crippen molar-refractivity contribution in [2.24, 2.45) is 12.0 Å². The Morgan fingerprint density at radius 2 is 1.82 bits per heavy atom.